The minimum absolute atomic E-state index is 0.0272. The molecule has 3 aromatic rings. The van der Waals surface area contributed by atoms with Crippen molar-refractivity contribution in [3.8, 4) is 28.7 Å². The number of ether oxygens (including phenoxy) is 1. The Hall–Kier alpha value is -3.64. The SMILES string of the molecule is COc1ccc(-c2ccc(S(=O)(=O)NCOOC(=O)CCC#Cc3ccccc3)cc2)cc1. The maximum Gasteiger partial charge on any atom is 0.343 e. The maximum atomic E-state index is 12.4. The molecular formula is C25H23NO6S. The van der Waals surface area contributed by atoms with Crippen LogP contribution in [0.4, 0.5) is 0 Å². The molecule has 3 rings (SSSR count). The highest BCUT2D eigenvalue weighted by atomic mass is 32.2. The summed E-state index contributed by atoms with van der Waals surface area (Å²) in [5.41, 5.74) is 2.64. The third-order valence-corrected chi connectivity index (χ3v) is 5.90. The average Bonchev–Trinajstić information content (AvgIpc) is 2.85. The molecule has 0 heterocycles. The number of hydrogen-bond acceptors (Lipinski definition) is 6. The molecule has 0 amide bonds. The molecule has 0 unspecified atom stereocenters. The summed E-state index contributed by atoms with van der Waals surface area (Å²) >= 11 is 0. The fourth-order valence-corrected chi connectivity index (χ4v) is 3.65. The first-order valence-corrected chi connectivity index (χ1v) is 11.6. The normalized spacial score (nSPS) is 10.7. The van der Waals surface area contributed by atoms with Gasteiger partial charge in [0, 0.05) is 12.0 Å². The van der Waals surface area contributed by atoms with Crippen molar-refractivity contribution in [1.82, 2.24) is 4.72 Å². The van der Waals surface area contributed by atoms with Gasteiger partial charge in [0.15, 0.2) is 6.73 Å². The first kappa shape index (κ1) is 24.0. The van der Waals surface area contributed by atoms with Crippen LogP contribution in [0.25, 0.3) is 11.1 Å². The number of sulfonamides is 1. The topological polar surface area (TPSA) is 90.9 Å². The summed E-state index contributed by atoms with van der Waals surface area (Å²) < 4.78 is 32.1. The van der Waals surface area contributed by atoms with Crippen LogP contribution >= 0.6 is 0 Å². The predicted molar refractivity (Wildman–Crippen MR) is 123 cm³/mol. The smallest absolute Gasteiger partial charge is 0.343 e. The predicted octanol–water partition coefficient (Wildman–Crippen LogP) is 3.90. The third-order valence-electron chi connectivity index (χ3n) is 4.51. The summed E-state index contributed by atoms with van der Waals surface area (Å²) in [6, 6.07) is 23.2. The van der Waals surface area contributed by atoms with Crippen molar-refractivity contribution >= 4 is 16.0 Å². The van der Waals surface area contributed by atoms with Crippen LogP contribution < -0.4 is 9.46 Å². The molecule has 0 saturated heterocycles. The number of carbonyl (C=O) groups excluding carboxylic acids is 1. The molecular weight excluding hydrogens is 442 g/mol. The highest BCUT2D eigenvalue weighted by Gasteiger charge is 2.14. The van der Waals surface area contributed by atoms with E-state index < -0.39 is 22.7 Å². The molecule has 170 valence electrons. The number of hydrogen-bond donors (Lipinski definition) is 1. The minimum atomic E-state index is -3.83. The van der Waals surface area contributed by atoms with Crippen molar-refractivity contribution in [2.75, 3.05) is 13.8 Å². The van der Waals surface area contributed by atoms with Gasteiger partial charge in [-0.05, 0) is 47.5 Å². The molecule has 0 saturated carbocycles. The monoisotopic (exact) mass is 465 g/mol. The summed E-state index contributed by atoms with van der Waals surface area (Å²) in [7, 11) is -2.24. The molecule has 0 bridgehead atoms. The Morgan fingerprint density at radius 2 is 1.55 bits per heavy atom. The molecule has 7 nitrogen and oxygen atoms in total. The second kappa shape index (κ2) is 11.8. The zero-order valence-electron chi connectivity index (χ0n) is 18.0. The van der Waals surface area contributed by atoms with Crippen molar-refractivity contribution in [3.63, 3.8) is 0 Å². The molecule has 8 heteroatoms. The van der Waals surface area contributed by atoms with E-state index in [0.717, 1.165) is 22.4 Å². The zero-order valence-corrected chi connectivity index (χ0v) is 18.8. The molecule has 0 aromatic heterocycles. The van der Waals surface area contributed by atoms with Gasteiger partial charge in [0.1, 0.15) is 5.75 Å². The van der Waals surface area contributed by atoms with Crippen molar-refractivity contribution < 1.29 is 27.7 Å². The van der Waals surface area contributed by atoms with Crippen LogP contribution in [0.15, 0.2) is 83.8 Å². The second-order valence-electron chi connectivity index (χ2n) is 6.79. The van der Waals surface area contributed by atoms with Gasteiger partial charge in [0.25, 0.3) is 0 Å². The molecule has 1 N–H and O–H groups in total. The Labute approximate surface area is 193 Å². The van der Waals surface area contributed by atoms with Gasteiger partial charge in [0.05, 0.1) is 18.4 Å². The second-order valence-corrected chi connectivity index (χ2v) is 8.55. The lowest BCUT2D eigenvalue weighted by molar-refractivity contribution is -0.273. The minimum Gasteiger partial charge on any atom is -0.497 e. The lowest BCUT2D eigenvalue weighted by Crippen LogP contribution is -2.27. The van der Waals surface area contributed by atoms with E-state index in [1.165, 1.54) is 12.1 Å². The Morgan fingerprint density at radius 3 is 2.18 bits per heavy atom. The van der Waals surface area contributed by atoms with Crippen LogP contribution in [0.1, 0.15) is 18.4 Å². The fraction of sp³-hybridized carbons (Fsp3) is 0.160. The number of nitrogens with one attached hydrogen (secondary N) is 1. The highest BCUT2D eigenvalue weighted by Crippen LogP contribution is 2.23. The molecule has 3 aromatic carbocycles. The van der Waals surface area contributed by atoms with Crippen molar-refractivity contribution in [1.29, 1.82) is 0 Å². The maximum absolute atomic E-state index is 12.4. The number of carbonyl (C=O) groups is 1. The Bertz CT molecular complexity index is 1210. The summed E-state index contributed by atoms with van der Waals surface area (Å²) in [5, 5.41) is 0. The molecule has 0 fully saturated rings. The van der Waals surface area contributed by atoms with E-state index in [2.05, 4.69) is 26.3 Å². The van der Waals surface area contributed by atoms with E-state index in [1.807, 2.05) is 54.6 Å². The van der Waals surface area contributed by atoms with E-state index in [0.29, 0.717) is 6.42 Å². The van der Waals surface area contributed by atoms with Gasteiger partial charge in [-0.2, -0.15) is 9.61 Å². The van der Waals surface area contributed by atoms with Gasteiger partial charge in [-0.3, -0.25) is 4.89 Å². The molecule has 0 radical (unpaired) electrons. The van der Waals surface area contributed by atoms with Gasteiger partial charge in [-0.25, -0.2) is 13.2 Å². The Morgan fingerprint density at radius 1 is 0.909 bits per heavy atom. The summed E-state index contributed by atoms with van der Waals surface area (Å²) in [5.74, 6) is 5.90. The van der Waals surface area contributed by atoms with Crippen molar-refractivity contribution in [2.24, 2.45) is 0 Å². The van der Waals surface area contributed by atoms with Crippen molar-refractivity contribution in [2.45, 2.75) is 17.7 Å². The van der Waals surface area contributed by atoms with Crippen LogP contribution in [0.2, 0.25) is 0 Å². The van der Waals surface area contributed by atoms with Gasteiger partial charge in [-0.1, -0.05) is 54.3 Å². The first-order chi connectivity index (χ1) is 16.0. The lowest BCUT2D eigenvalue weighted by atomic mass is 10.1. The van der Waals surface area contributed by atoms with Crippen LogP contribution in [0.5, 0.6) is 5.75 Å². The van der Waals surface area contributed by atoms with E-state index in [-0.39, 0.29) is 11.3 Å². The third kappa shape index (κ3) is 7.47. The quantitative estimate of drug-likeness (QED) is 0.169. The average molecular weight is 466 g/mol. The molecule has 33 heavy (non-hydrogen) atoms. The van der Waals surface area contributed by atoms with E-state index in [1.54, 1.807) is 19.2 Å². The Balaban J connectivity index is 1.42. The standard InChI is InChI=1S/C25H23NO6S/c1-30-23-15-11-21(12-16-23)22-13-17-24(18-14-22)33(28,29)26-19-31-32-25(27)10-6-5-9-20-7-3-2-4-8-20/h2-4,7-8,11-18,26H,6,10,19H2,1H3. The van der Waals surface area contributed by atoms with Gasteiger partial charge in [0.2, 0.25) is 10.0 Å². The molecule has 0 atom stereocenters. The molecule has 0 aliphatic carbocycles. The van der Waals surface area contributed by atoms with Crippen LogP contribution in [-0.2, 0) is 24.6 Å². The van der Waals surface area contributed by atoms with E-state index in [9.17, 15) is 13.2 Å². The summed E-state index contributed by atoms with van der Waals surface area (Å²) in [6.45, 7) is -0.510. The van der Waals surface area contributed by atoms with Gasteiger partial charge >= 0.3 is 5.97 Å². The van der Waals surface area contributed by atoms with E-state index >= 15 is 0 Å². The first-order valence-electron chi connectivity index (χ1n) is 10.1. The van der Waals surface area contributed by atoms with Gasteiger partial charge < -0.3 is 4.74 Å². The van der Waals surface area contributed by atoms with Crippen LogP contribution in [0, 0.1) is 11.8 Å². The summed E-state index contributed by atoms with van der Waals surface area (Å²) in [6.07, 6.45) is 0.322. The number of methoxy groups -OCH3 is 1. The van der Waals surface area contributed by atoms with Crippen LogP contribution in [0.3, 0.4) is 0 Å². The Kier molecular flexibility index (Phi) is 8.61. The summed E-state index contributed by atoms with van der Waals surface area (Å²) in [4.78, 5) is 21.0. The number of rotatable bonds is 9. The lowest BCUT2D eigenvalue weighted by Gasteiger charge is -2.08. The highest BCUT2D eigenvalue weighted by molar-refractivity contribution is 7.89. The molecule has 0 aliphatic rings. The van der Waals surface area contributed by atoms with Gasteiger partial charge in [-0.15, -0.1) is 0 Å². The molecule has 0 aliphatic heterocycles. The molecule has 0 spiro atoms. The number of benzene rings is 3. The van der Waals surface area contributed by atoms with Crippen molar-refractivity contribution in [3.05, 3.63) is 84.4 Å². The van der Waals surface area contributed by atoms with Crippen LogP contribution in [-0.4, -0.2) is 28.2 Å². The fourth-order valence-electron chi connectivity index (χ4n) is 2.78. The largest absolute Gasteiger partial charge is 0.497 e. The van der Waals surface area contributed by atoms with E-state index in [4.69, 9.17) is 4.74 Å². The zero-order chi connectivity index (χ0) is 23.5.